The lowest BCUT2D eigenvalue weighted by Crippen LogP contribution is -2.51. The van der Waals surface area contributed by atoms with E-state index >= 15 is 0 Å². The number of methoxy groups -OCH3 is 2. The quantitative estimate of drug-likeness (QED) is 0.101. The number of aromatic amines is 2. The van der Waals surface area contributed by atoms with Crippen LogP contribution in [-0.4, -0.2) is 99.7 Å². The second-order valence-corrected chi connectivity index (χ2v) is 18.0. The minimum Gasteiger partial charge on any atom is -0.488 e. The van der Waals surface area contributed by atoms with Gasteiger partial charge >= 0.3 is 12.2 Å². The number of hydrogen-bond donors (Lipinski definition) is 4. The third-order valence-corrected chi connectivity index (χ3v) is 13.2. The maximum absolute atomic E-state index is 13.8. The van der Waals surface area contributed by atoms with Crippen LogP contribution in [0.4, 0.5) is 9.59 Å². The third kappa shape index (κ3) is 8.35. The monoisotopic (exact) mass is 896 g/mol. The minimum absolute atomic E-state index is 0.132. The number of fused-ring (bicyclic) bond motifs is 4. The van der Waals surface area contributed by atoms with Crippen molar-refractivity contribution in [3.05, 3.63) is 107 Å². The molecule has 4 amide bonds. The SMILES string of the molecule is COC(=O)NC(C(=O)N1CCC[C@H]1c1ncc(-c2ccc3c(c2)OC(c2ccccc2)C2=C3COc3cc(-c4cnc([C@@H]5CCCN5C(=O)C(NC(=O)OC)C(C)C)[nH]4)ccc32)[nH]1)C(C)C. The van der Waals surface area contributed by atoms with Crippen LogP contribution in [0, 0.1) is 11.8 Å². The Morgan fingerprint density at radius 1 is 0.697 bits per heavy atom. The summed E-state index contributed by atoms with van der Waals surface area (Å²) in [5.41, 5.74) is 8.32. The lowest BCUT2D eigenvalue weighted by Gasteiger charge is -2.35. The fourth-order valence-corrected chi connectivity index (χ4v) is 9.72. The smallest absolute Gasteiger partial charge is 0.407 e. The van der Waals surface area contributed by atoms with Gasteiger partial charge in [0.05, 0.1) is 50.1 Å². The summed E-state index contributed by atoms with van der Waals surface area (Å²) in [4.78, 5) is 71.9. The molecule has 2 fully saturated rings. The van der Waals surface area contributed by atoms with Crippen molar-refractivity contribution >= 4 is 35.1 Å². The number of ether oxygens (including phenoxy) is 4. The molecule has 0 spiro atoms. The van der Waals surface area contributed by atoms with Crippen LogP contribution in [0.25, 0.3) is 33.7 Å². The molecule has 5 atom stereocenters. The molecule has 0 bridgehead atoms. The number of benzene rings is 3. The van der Waals surface area contributed by atoms with Gasteiger partial charge < -0.3 is 49.3 Å². The Hall–Kier alpha value is -7.10. The molecule has 16 nitrogen and oxygen atoms in total. The first-order valence-electron chi connectivity index (χ1n) is 22.7. The zero-order valence-electron chi connectivity index (χ0n) is 38.1. The molecule has 4 aliphatic heterocycles. The van der Waals surface area contributed by atoms with Gasteiger partial charge in [-0.05, 0) is 55.2 Å². The Morgan fingerprint density at radius 2 is 1.21 bits per heavy atom. The van der Waals surface area contributed by atoms with Crippen LogP contribution in [0.2, 0.25) is 0 Å². The summed E-state index contributed by atoms with van der Waals surface area (Å²) < 4.78 is 23.2. The van der Waals surface area contributed by atoms with Gasteiger partial charge in [-0.15, -0.1) is 0 Å². The highest BCUT2D eigenvalue weighted by Crippen LogP contribution is 2.52. The molecule has 0 radical (unpaired) electrons. The van der Waals surface area contributed by atoms with Crippen LogP contribution in [0.3, 0.4) is 0 Å². The number of nitrogens with one attached hydrogen (secondary N) is 4. The van der Waals surface area contributed by atoms with Crippen LogP contribution < -0.4 is 20.1 Å². The molecule has 9 rings (SSSR count). The molecule has 4 N–H and O–H groups in total. The van der Waals surface area contributed by atoms with Gasteiger partial charge in [-0.25, -0.2) is 19.6 Å². The zero-order chi connectivity index (χ0) is 46.2. The van der Waals surface area contributed by atoms with Crippen LogP contribution in [0.1, 0.15) is 99.9 Å². The highest BCUT2D eigenvalue weighted by Gasteiger charge is 2.40. The molecular formula is C50H56N8O8. The number of imidazole rings is 2. The van der Waals surface area contributed by atoms with Gasteiger partial charge in [-0.1, -0.05) is 82.3 Å². The van der Waals surface area contributed by atoms with E-state index in [1.54, 1.807) is 22.2 Å². The van der Waals surface area contributed by atoms with Crippen molar-refractivity contribution in [1.82, 2.24) is 40.4 Å². The van der Waals surface area contributed by atoms with E-state index in [1.165, 1.54) is 14.2 Å². The lowest BCUT2D eigenvalue weighted by molar-refractivity contribution is -0.136. The standard InChI is InChI=1S/C50H56N8O8/c1-27(2)42(55-49(61)63-5)47(59)57-20-10-14-37(57)45-51-24-35(53-45)30-17-19-33-39(22-30)65-26-34-32-18-16-31(23-40(32)66-44(41(33)34)29-12-8-7-9-13-29)36-25-52-46(54-36)38-15-11-21-58(38)48(60)43(28(3)4)56-50(62)64-6/h7-9,12-13,16-19,22-25,27-28,37-38,42-44H,10-11,14-15,20-21,26H2,1-6H3,(H,51,53)(H,52,54)(H,55,61)(H,56,62)/t37-,38-,42?,43?,44?/m0/s1. The number of hydrogen-bond acceptors (Lipinski definition) is 10. The number of amides is 4. The largest absolute Gasteiger partial charge is 0.488 e. The number of nitrogens with zero attached hydrogens (tertiary/aromatic N) is 4. The van der Waals surface area contributed by atoms with E-state index in [0.29, 0.717) is 31.3 Å². The van der Waals surface area contributed by atoms with Gasteiger partial charge in [0.1, 0.15) is 47.9 Å². The average molecular weight is 897 g/mol. The van der Waals surface area contributed by atoms with Crippen LogP contribution >= 0.6 is 0 Å². The summed E-state index contributed by atoms with van der Waals surface area (Å²) in [5.74, 6) is 2.23. The van der Waals surface area contributed by atoms with Crippen molar-refractivity contribution in [3.63, 3.8) is 0 Å². The Bertz CT molecular complexity index is 2670. The number of likely N-dealkylation sites (tertiary alicyclic amines) is 2. The molecule has 344 valence electrons. The first kappa shape index (κ1) is 44.1. The zero-order valence-corrected chi connectivity index (χ0v) is 38.1. The fraction of sp³-hybridized carbons (Fsp3) is 0.400. The second-order valence-electron chi connectivity index (χ2n) is 18.0. The van der Waals surface area contributed by atoms with Gasteiger partial charge in [0.15, 0.2) is 0 Å². The summed E-state index contributed by atoms with van der Waals surface area (Å²) in [5, 5.41) is 5.43. The van der Waals surface area contributed by atoms with Gasteiger partial charge in [-0.3, -0.25) is 9.59 Å². The Labute approximate surface area is 383 Å². The van der Waals surface area contributed by atoms with Gasteiger partial charge in [0.25, 0.3) is 0 Å². The fourth-order valence-electron chi connectivity index (χ4n) is 9.72. The van der Waals surface area contributed by atoms with Crippen molar-refractivity contribution in [1.29, 1.82) is 0 Å². The average Bonchev–Trinajstić information content (AvgIpc) is 4.19. The summed E-state index contributed by atoms with van der Waals surface area (Å²) in [6.07, 6.45) is 5.02. The summed E-state index contributed by atoms with van der Waals surface area (Å²) in [7, 11) is 2.58. The molecular weight excluding hydrogens is 841 g/mol. The predicted molar refractivity (Wildman–Crippen MR) is 246 cm³/mol. The highest BCUT2D eigenvalue weighted by atomic mass is 16.5. The molecule has 0 aliphatic carbocycles. The van der Waals surface area contributed by atoms with Gasteiger partial charge in [0.2, 0.25) is 11.8 Å². The van der Waals surface area contributed by atoms with E-state index in [9.17, 15) is 19.2 Å². The Balaban J connectivity index is 0.982. The van der Waals surface area contributed by atoms with E-state index in [1.807, 2.05) is 64.1 Å². The number of H-pyrrole nitrogens is 2. The highest BCUT2D eigenvalue weighted by molar-refractivity contribution is 6.00. The van der Waals surface area contributed by atoms with E-state index in [4.69, 9.17) is 28.9 Å². The Morgan fingerprint density at radius 3 is 1.73 bits per heavy atom. The maximum atomic E-state index is 13.8. The molecule has 3 aromatic carbocycles. The van der Waals surface area contributed by atoms with Crippen LogP contribution in [0.15, 0.2) is 79.1 Å². The summed E-state index contributed by atoms with van der Waals surface area (Å²) >= 11 is 0. The third-order valence-electron chi connectivity index (χ3n) is 13.2. The molecule has 4 aliphatic rings. The van der Waals surface area contributed by atoms with E-state index in [-0.39, 0.29) is 35.7 Å². The van der Waals surface area contributed by atoms with Crippen molar-refractivity contribution in [3.8, 4) is 34.0 Å². The van der Waals surface area contributed by atoms with Gasteiger partial charge in [-0.2, -0.15) is 0 Å². The maximum Gasteiger partial charge on any atom is 0.407 e. The van der Waals surface area contributed by atoms with Crippen LogP contribution in [-0.2, 0) is 19.1 Å². The second kappa shape index (κ2) is 18.4. The molecule has 2 saturated heterocycles. The molecule has 16 heteroatoms. The number of carbonyl (C=O) groups excluding carboxylic acids is 4. The molecule has 0 saturated carbocycles. The van der Waals surface area contributed by atoms with E-state index in [2.05, 4.69) is 50.9 Å². The number of aromatic nitrogens is 4. The topological polar surface area (TPSA) is 193 Å². The molecule has 66 heavy (non-hydrogen) atoms. The molecule has 5 aromatic rings. The summed E-state index contributed by atoms with van der Waals surface area (Å²) in [6.45, 7) is 9.06. The Kier molecular flexibility index (Phi) is 12.3. The van der Waals surface area contributed by atoms with E-state index in [0.717, 1.165) is 87.5 Å². The van der Waals surface area contributed by atoms with Gasteiger partial charge in [0, 0.05) is 46.5 Å². The first-order chi connectivity index (χ1) is 31.9. The first-order valence-corrected chi connectivity index (χ1v) is 22.7. The van der Waals surface area contributed by atoms with E-state index < -0.39 is 30.4 Å². The normalized spacial score (nSPS) is 19.6. The number of rotatable bonds is 11. The molecule has 3 unspecified atom stereocenters. The van der Waals surface area contributed by atoms with Crippen molar-refractivity contribution in [2.24, 2.45) is 11.8 Å². The summed E-state index contributed by atoms with van der Waals surface area (Å²) in [6, 6.07) is 20.5. The van der Waals surface area contributed by atoms with Crippen molar-refractivity contribution < 1.29 is 38.1 Å². The number of carbonyl (C=O) groups is 4. The molecule has 2 aromatic heterocycles. The van der Waals surface area contributed by atoms with Crippen molar-refractivity contribution in [2.45, 2.75) is 83.6 Å². The lowest BCUT2D eigenvalue weighted by atomic mass is 9.83. The number of alkyl carbamates (subject to hydrolysis) is 2. The van der Waals surface area contributed by atoms with Crippen molar-refractivity contribution in [2.75, 3.05) is 33.9 Å². The predicted octanol–water partition coefficient (Wildman–Crippen LogP) is 7.99. The minimum atomic E-state index is -0.721. The van der Waals surface area contributed by atoms with Crippen LogP contribution in [0.5, 0.6) is 11.5 Å². The molecule has 6 heterocycles.